The van der Waals surface area contributed by atoms with Crippen molar-refractivity contribution in [2.24, 2.45) is 0 Å². The topological polar surface area (TPSA) is 0 Å². The van der Waals surface area contributed by atoms with Crippen molar-refractivity contribution in [1.82, 2.24) is 0 Å². The first-order valence-corrected chi connectivity index (χ1v) is 7.76. The predicted octanol–water partition coefficient (Wildman–Crippen LogP) is 5.57. The second kappa shape index (κ2) is 6.25. The molecule has 0 N–H and O–H groups in total. The molecule has 108 valence electrons. The lowest BCUT2D eigenvalue weighted by molar-refractivity contribution is 0.974. The van der Waals surface area contributed by atoms with Crippen molar-refractivity contribution in [2.45, 2.75) is 4.75 Å². The Hall–Kier alpha value is -2.25. The van der Waals surface area contributed by atoms with Crippen LogP contribution in [0.15, 0.2) is 97.6 Å². The summed E-state index contributed by atoms with van der Waals surface area (Å²) in [6.45, 7) is 4.37. The Morgan fingerprint density at radius 3 is 1.41 bits per heavy atom. The van der Waals surface area contributed by atoms with E-state index in [1.54, 1.807) is 0 Å². The van der Waals surface area contributed by atoms with Gasteiger partial charge in [-0.3, -0.25) is 0 Å². The molecule has 0 amide bonds. The quantitative estimate of drug-likeness (QED) is 0.598. The van der Waals surface area contributed by atoms with Gasteiger partial charge in [-0.15, -0.1) is 0 Å². The fourth-order valence-electron chi connectivity index (χ4n) is 2.72. The van der Waals surface area contributed by atoms with Gasteiger partial charge in [0.05, 0.1) is 4.75 Å². The first-order chi connectivity index (χ1) is 10.7. The van der Waals surface area contributed by atoms with Crippen LogP contribution in [0.5, 0.6) is 0 Å². The highest BCUT2D eigenvalue weighted by Crippen LogP contribution is 2.46. The van der Waals surface area contributed by atoms with Gasteiger partial charge >= 0.3 is 0 Å². The summed E-state index contributed by atoms with van der Waals surface area (Å²) in [7, 11) is 0. The Bertz CT molecular complexity index is 706. The van der Waals surface area contributed by atoms with Gasteiger partial charge in [-0.2, -0.15) is 12.6 Å². The van der Waals surface area contributed by atoms with E-state index in [0.29, 0.717) is 0 Å². The van der Waals surface area contributed by atoms with Crippen LogP contribution in [0.1, 0.15) is 16.7 Å². The highest BCUT2D eigenvalue weighted by molar-refractivity contribution is 7.82. The van der Waals surface area contributed by atoms with Gasteiger partial charge in [0.2, 0.25) is 0 Å². The fourth-order valence-corrected chi connectivity index (χ4v) is 3.15. The molecule has 0 unspecified atom stereocenters. The number of rotatable bonds is 4. The fraction of sp³-hybridized carbons (Fsp3) is 0.0476. The Morgan fingerprint density at radius 1 is 0.636 bits per heavy atom. The van der Waals surface area contributed by atoms with Crippen molar-refractivity contribution >= 4 is 18.2 Å². The maximum Gasteiger partial charge on any atom is 0.0878 e. The molecule has 3 rings (SSSR count). The molecule has 0 heterocycles. The molecular weight excluding hydrogens is 284 g/mol. The van der Waals surface area contributed by atoms with Crippen molar-refractivity contribution in [3.05, 3.63) is 114 Å². The van der Waals surface area contributed by atoms with Gasteiger partial charge in [-0.25, -0.2) is 0 Å². The molecular formula is C21H18S. The minimum Gasteiger partial charge on any atom is -0.158 e. The van der Waals surface area contributed by atoms with Gasteiger partial charge in [-0.1, -0.05) is 97.6 Å². The third kappa shape index (κ3) is 2.60. The first-order valence-electron chi connectivity index (χ1n) is 7.31. The maximum absolute atomic E-state index is 5.10. The molecule has 0 atom stereocenters. The third-order valence-corrected chi connectivity index (χ3v) is 4.73. The summed E-state index contributed by atoms with van der Waals surface area (Å²) in [5, 5.41) is 0. The molecule has 0 saturated heterocycles. The number of hydrogen-bond acceptors (Lipinski definition) is 1. The molecule has 0 saturated carbocycles. The average molecular weight is 302 g/mol. The average Bonchev–Trinajstić information content (AvgIpc) is 2.62. The van der Waals surface area contributed by atoms with Crippen molar-refractivity contribution < 1.29 is 0 Å². The lowest BCUT2D eigenvalue weighted by Crippen LogP contribution is -2.22. The second-order valence-electron chi connectivity index (χ2n) is 5.29. The maximum atomic E-state index is 5.10. The Kier molecular flexibility index (Phi) is 4.17. The largest absolute Gasteiger partial charge is 0.158 e. The summed E-state index contributed by atoms with van der Waals surface area (Å²) in [5.74, 6) is 0. The van der Waals surface area contributed by atoms with Crippen molar-refractivity contribution in [2.75, 3.05) is 0 Å². The van der Waals surface area contributed by atoms with E-state index in [1.165, 1.54) is 0 Å². The summed E-state index contributed by atoms with van der Waals surface area (Å²) >= 11 is 5.10. The summed E-state index contributed by atoms with van der Waals surface area (Å²) in [6.07, 6.45) is 0. The standard InChI is InChI=1S/C21H18S/c1-17(18-11-5-2-6-12-18)21(22,19-13-7-3-8-14-19)20-15-9-4-10-16-20/h2-16,22H,1H2. The molecule has 0 aliphatic rings. The molecule has 0 aliphatic carbocycles. The SMILES string of the molecule is C=C(c1ccccc1)C(S)(c1ccccc1)c1ccccc1. The molecule has 1 heteroatoms. The summed E-state index contributed by atoms with van der Waals surface area (Å²) in [4.78, 5) is 0. The molecule has 0 fully saturated rings. The normalized spacial score (nSPS) is 11.1. The van der Waals surface area contributed by atoms with Crippen LogP contribution in [0.4, 0.5) is 0 Å². The molecule has 0 spiro atoms. The Balaban J connectivity index is 2.18. The van der Waals surface area contributed by atoms with E-state index in [9.17, 15) is 0 Å². The van der Waals surface area contributed by atoms with Crippen molar-refractivity contribution in [3.8, 4) is 0 Å². The smallest absolute Gasteiger partial charge is 0.0878 e. The van der Waals surface area contributed by atoms with E-state index >= 15 is 0 Å². The van der Waals surface area contributed by atoms with E-state index in [2.05, 4.69) is 43.0 Å². The summed E-state index contributed by atoms with van der Waals surface area (Å²) < 4.78 is -0.552. The highest BCUT2D eigenvalue weighted by Gasteiger charge is 2.33. The van der Waals surface area contributed by atoms with Gasteiger partial charge in [0.15, 0.2) is 0 Å². The van der Waals surface area contributed by atoms with Crippen LogP contribution < -0.4 is 0 Å². The van der Waals surface area contributed by atoms with Gasteiger partial charge in [0.25, 0.3) is 0 Å². The van der Waals surface area contributed by atoms with Gasteiger partial charge in [0.1, 0.15) is 0 Å². The van der Waals surface area contributed by atoms with E-state index < -0.39 is 4.75 Å². The van der Waals surface area contributed by atoms with Crippen LogP contribution in [0, 0.1) is 0 Å². The van der Waals surface area contributed by atoms with Crippen LogP contribution in [-0.2, 0) is 4.75 Å². The minimum absolute atomic E-state index is 0.552. The minimum atomic E-state index is -0.552. The number of hydrogen-bond donors (Lipinski definition) is 1. The summed E-state index contributed by atoms with van der Waals surface area (Å²) in [5.41, 5.74) is 4.33. The van der Waals surface area contributed by atoms with Gasteiger partial charge in [-0.05, 0) is 22.3 Å². The van der Waals surface area contributed by atoms with Gasteiger partial charge in [0, 0.05) is 0 Å². The third-order valence-electron chi connectivity index (χ3n) is 3.94. The van der Waals surface area contributed by atoms with E-state index in [0.717, 1.165) is 22.3 Å². The molecule has 0 bridgehead atoms. The first kappa shape index (κ1) is 14.7. The Morgan fingerprint density at radius 2 is 1.00 bits per heavy atom. The highest BCUT2D eigenvalue weighted by atomic mass is 32.1. The molecule has 0 radical (unpaired) electrons. The zero-order chi connectivity index (χ0) is 15.4. The lowest BCUT2D eigenvalue weighted by Gasteiger charge is -2.32. The van der Waals surface area contributed by atoms with Crippen LogP contribution in [0.2, 0.25) is 0 Å². The van der Waals surface area contributed by atoms with Crippen LogP contribution in [-0.4, -0.2) is 0 Å². The van der Waals surface area contributed by atoms with Crippen LogP contribution in [0.25, 0.3) is 5.57 Å². The lowest BCUT2D eigenvalue weighted by atomic mass is 9.81. The zero-order valence-electron chi connectivity index (χ0n) is 12.3. The Labute approximate surface area is 137 Å². The number of benzene rings is 3. The monoisotopic (exact) mass is 302 g/mol. The van der Waals surface area contributed by atoms with Gasteiger partial charge < -0.3 is 0 Å². The van der Waals surface area contributed by atoms with Crippen LogP contribution >= 0.6 is 12.6 Å². The summed E-state index contributed by atoms with van der Waals surface area (Å²) in [6, 6.07) is 30.9. The van der Waals surface area contributed by atoms with E-state index in [-0.39, 0.29) is 0 Å². The molecule has 0 aliphatic heterocycles. The molecule has 0 aromatic heterocycles. The predicted molar refractivity (Wildman–Crippen MR) is 98.1 cm³/mol. The molecule has 0 nitrogen and oxygen atoms in total. The van der Waals surface area contributed by atoms with E-state index in [4.69, 9.17) is 12.6 Å². The van der Waals surface area contributed by atoms with E-state index in [1.807, 2.05) is 54.6 Å². The zero-order valence-corrected chi connectivity index (χ0v) is 13.2. The second-order valence-corrected chi connectivity index (χ2v) is 5.96. The molecule has 22 heavy (non-hydrogen) atoms. The van der Waals surface area contributed by atoms with Crippen molar-refractivity contribution in [1.29, 1.82) is 0 Å². The van der Waals surface area contributed by atoms with Crippen molar-refractivity contribution in [3.63, 3.8) is 0 Å². The molecule has 3 aromatic rings. The molecule has 3 aromatic carbocycles. The van der Waals surface area contributed by atoms with Crippen LogP contribution in [0.3, 0.4) is 0 Å². The number of thiol groups is 1.